The molecule has 0 radical (unpaired) electrons. The van der Waals surface area contributed by atoms with Crippen LogP contribution >= 0.6 is 0 Å². The average Bonchev–Trinajstić information content (AvgIpc) is 2.47. The lowest BCUT2D eigenvalue weighted by Gasteiger charge is -2.32. The van der Waals surface area contributed by atoms with Crippen molar-refractivity contribution >= 4 is 16.6 Å². The van der Waals surface area contributed by atoms with Crippen molar-refractivity contribution in [1.29, 1.82) is 0 Å². The largest absolute Gasteiger partial charge is 0.372 e. The van der Waals surface area contributed by atoms with E-state index in [0.29, 0.717) is 0 Å². The lowest BCUT2D eigenvalue weighted by atomic mass is 10.2. The van der Waals surface area contributed by atoms with Gasteiger partial charge in [0.2, 0.25) is 0 Å². The molecular weight excluding hydrogens is 236 g/mol. The van der Waals surface area contributed by atoms with Crippen LogP contribution in [0.2, 0.25) is 0 Å². The van der Waals surface area contributed by atoms with Crippen LogP contribution in [-0.2, 0) is 0 Å². The summed E-state index contributed by atoms with van der Waals surface area (Å²) in [4.78, 5) is 9.21. The summed E-state index contributed by atoms with van der Waals surface area (Å²) in [6, 6.07) is 10.3. The number of benzene rings is 1. The predicted octanol–water partition coefficient (Wildman–Crippen LogP) is 1.85. The molecule has 1 fully saturated rings. The number of hydrogen-bond acceptors (Lipinski definition) is 4. The normalized spacial score (nSPS) is 17.7. The molecule has 4 heteroatoms. The summed E-state index contributed by atoms with van der Waals surface area (Å²) >= 11 is 0. The van der Waals surface area contributed by atoms with Gasteiger partial charge in [0.15, 0.2) is 0 Å². The van der Waals surface area contributed by atoms with E-state index in [4.69, 9.17) is 0 Å². The number of likely N-dealkylation sites (N-methyl/N-ethyl adjacent to an activating group) is 1. The Morgan fingerprint density at radius 2 is 1.89 bits per heavy atom. The number of piperazine rings is 1. The smallest absolute Gasteiger partial charge is 0.0722 e. The summed E-state index contributed by atoms with van der Waals surface area (Å²) < 4.78 is 0. The van der Waals surface area contributed by atoms with Crippen molar-refractivity contribution < 1.29 is 0 Å². The first-order valence-electron chi connectivity index (χ1n) is 6.81. The first-order valence-corrected chi connectivity index (χ1v) is 6.81. The predicted molar refractivity (Wildman–Crippen MR) is 79.3 cm³/mol. The first-order chi connectivity index (χ1) is 9.33. The fourth-order valence-corrected chi connectivity index (χ4v) is 2.45. The molecule has 19 heavy (non-hydrogen) atoms. The Kier molecular flexibility index (Phi) is 3.62. The Hall–Kier alpha value is -1.65. The molecule has 1 saturated heterocycles. The number of rotatable bonds is 3. The Bertz CT molecular complexity index is 541. The monoisotopic (exact) mass is 256 g/mol. The molecule has 1 aliphatic heterocycles. The van der Waals surface area contributed by atoms with E-state index in [1.165, 1.54) is 11.1 Å². The fraction of sp³-hybridized carbons (Fsp3) is 0.400. The van der Waals surface area contributed by atoms with Crippen molar-refractivity contribution in [3.8, 4) is 0 Å². The summed E-state index contributed by atoms with van der Waals surface area (Å²) in [6.07, 6.45) is 1.87. The number of anilines is 1. The quantitative estimate of drug-likeness (QED) is 0.908. The van der Waals surface area contributed by atoms with Crippen LogP contribution < -0.4 is 5.32 Å². The van der Waals surface area contributed by atoms with Crippen LogP contribution in [-0.4, -0.2) is 54.7 Å². The number of hydrogen-bond donors (Lipinski definition) is 1. The Labute approximate surface area is 114 Å². The number of para-hydroxylation sites is 1. The molecule has 1 N–H and O–H groups in total. The maximum atomic E-state index is 4.39. The first kappa shape index (κ1) is 12.4. The number of pyridine rings is 1. The van der Waals surface area contributed by atoms with Gasteiger partial charge in [-0.25, -0.2) is 0 Å². The van der Waals surface area contributed by atoms with Gasteiger partial charge < -0.3 is 10.2 Å². The maximum absolute atomic E-state index is 4.39. The Morgan fingerprint density at radius 3 is 2.74 bits per heavy atom. The summed E-state index contributed by atoms with van der Waals surface area (Å²) in [5, 5.41) is 4.73. The van der Waals surface area contributed by atoms with E-state index >= 15 is 0 Å². The Morgan fingerprint density at radius 1 is 1.11 bits per heavy atom. The van der Waals surface area contributed by atoms with Gasteiger partial charge in [0.1, 0.15) is 0 Å². The lowest BCUT2D eigenvalue weighted by molar-refractivity contribution is 0.162. The van der Waals surface area contributed by atoms with Crippen LogP contribution in [0.25, 0.3) is 10.9 Å². The molecule has 0 atom stereocenters. The zero-order valence-electron chi connectivity index (χ0n) is 11.3. The molecule has 0 unspecified atom stereocenters. The third kappa shape index (κ3) is 2.85. The second-order valence-electron chi connectivity index (χ2n) is 5.13. The van der Waals surface area contributed by atoms with Crippen molar-refractivity contribution in [3.63, 3.8) is 0 Å². The number of aromatic nitrogens is 1. The average molecular weight is 256 g/mol. The summed E-state index contributed by atoms with van der Waals surface area (Å²) in [5.41, 5.74) is 2.22. The van der Waals surface area contributed by atoms with Gasteiger partial charge >= 0.3 is 0 Å². The molecule has 1 aromatic carbocycles. The SMILES string of the molecule is CN1CCN(CNc2ccnc3ccccc23)CC1. The molecule has 0 bridgehead atoms. The molecule has 3 rings (SSSR count). The van der Waals surface area contributed by atoms with Crippen LogP contribution in [0.4, 0.5) is 5.69 Å². The van der Waals surface area contributed by atoms with E-state index in [-0.39, 0.29) is 0 Å². The highest BCUT2D eigenvalue weighted by atomic mass is 15.3. The molecule has 2 heterocycles. The van der Waals surface area contributed by atoms with E-state index in [1.807, 2.05) is 12.3 Å². The fourth-order valence-electron chi connectivity index (χ4n) is 2.45. The minimum Gasteiger partial charge on any atom is -0.372 e. The highest BCUT2D eigenvalue weighted by Crippen LogP contribution is 2.20. The number of nitrogens with one attached hydrogen (secondary N) is 1. The molecule has 1 aliphatic rings. The van der Waals surface area contributed by atoms with E-state index in [0.717, 1.165) is 38.4 Å². The molecule has 0 aliphatic carbocycles. The van der Waals surface area contributed by atoms with Crippen LogP contribution in [0, 0.1) is 0 Å². The maximum Gasteiger partial charge on any atom is 0.0722 e. The van der Waals surface area contributed by atoms with Crippen molar-refractivity contribution in [3.05, 3.63) is 36.5 Å². The van der Waals surface area contributed by atoms with Crippen LogP contribution in [0.5, 0.6) is 0 Å². The Balaban J connectivity index is 1.68. The minimum atomic E-state index is 0.905. The molecular formula is C15H20N4. The molecule has 1 aromatic heterocycles. The summed E-state index contributed by atoms with van der Waals surface area (Å²) in [7, 11) is 2.18. The van der Waals surface area contributed by atoms with Gasteiger partial charge in [-0.2, -0.15) is 0 Å². The van der Waals surface area contributed by atoms with Crippen molar-refractivity contribution in [2.45, 2.75) is 0 Å². The molecule has 0 spiro atoms. The van der Waals surface area contributed by atoms with Crippen LogP contribution in [0.15, 0.2) is 36.5 Å². The molecule has 2 aromatic rings. The van der Waals surface area contributed by atoms with E-state index in [2.05, 4.69) is 51.4 Å². The van der Waals surface area contributed by atoms with Gasteiger partial charge in [0.25, 0.3) is 0 Å². The van der Waals surface area contributed by atoms with E-state index in [9.17, 15) is 0 Å². The third-order valence-electron chi connectivity index (χ3n) is 3.74. The zero-order chi connectivity index (χ0) is 13.1. The minimum absolute atomic E-state index is 0.905. The summed E-state index contributed by atoms with van der Waals surface area (Å²) in [5.74, 6) is 0. The van der Waals surface area contributed by atoms with Crippen LogP contribution in [0.3, 0.4) is 0 Å². The number of nitrogens with zero attached hydrogens (tertiary/aromatic N) is 3. The van der Waals surface area contributed by atoms with Crippen molar-refractivity contribution in [1.82, 2.24) is 14.8 Å². The summed E-state index contributed by atoms with van der Waals surface area (Å²) in [6.45, 7) is 5.47. The van der Waals surface area contributed by atoms with Crippen molar-refractivity contribution in [2.75, 3.05) is 45.2 Å². The van der Waals surface area contributed by atoms with Gasteiger partial charge in [0, 0.05) is 43.4 Å². The lowest BCUT2D eigenvalue weighted by Crippen LogP contribution is -2.46. The van der Waals surface area contributed by atoms with Gasteiger partial charge in [-0.3, -0.25) is 9.88 Å². The molecule has 0 saturated carbocycles. The molecule has 100 valence electrons. The van der Waals surface area contributed by atoms with Gasteiger partial charge in [-0.1, -0.05) is 18.2 Å². The molecule has 4 nitrogen and oxygen atoms in total. The zero-order valence-corrected chi connectivity index (χ0v) is 11.3. The van der Waals surface area contributed by atoms with Gasteiger partial charge in [-0.05, 0) is 19.2 Å². The third-order valence-corrected chi connectivity index (χ3v) is 3.74. The van der Waals surface area contributed by atoms with E-state index in [1.54, 1.807) is 0 Å². The number of fused-ring (bicyclic) bond motifs is 1. The van der Waals surface area contributed by atoms with Gasteiger partial charge in [-0.15, -0.1) is 0 Å². The van der Waals surface area contributed by atoms with Crippen LogP contribution in [0.1, 0.15) is 0 Å². The topological polar surface area (TPSA) is 31.4 Å². The van der Waals surface area contributed by atoms with Crippen molar-refractivity contribution in [2.24, 2.45) is 0 Å². The standard InChI is InChI=1S/C15H20N4/c1-18-8-10-19(11-9-18)12-17-15-6-7-16-14-5-3-2-4-13(14)15/h2-7H,8-12H2,1H3,(H,16,17). The van der Waals surface area contributed by atoms with E-state index < -0.39 is 0 Å². The second-order valence-corrected chi connectivity index (χ2v) is 5.13. The van der Waals surface area contributed by atoms with Gasteiger partial charge in [0.05, 0.1) is 12.2 Å². The highest BCUT2D eigenvalue weighted by molar-refractivity contribution is 5.90. The second kappa shape index (κ2) is 5.55. The highest BCUT2D eigenvalue weighted by Gasteiger charge is 2.13. The molecule has 0 amide bonds.